The number of rotatable bonds is 8. The van der Waals surface area contributed by atoms with Crippen molar-refractivity contribution in [1.29, 1.82) is 0 Å². The summed E-state index contributed by atoms with van der Waals surface area (Å²) < 4.78 is 61.8. The molecular weight excluding hydrogens is 506 g/mol. The first-order valence-corrected chi connectivity index (χ1v) is 11.5. The third kappa shape index (κ3) is 6.80. The molecule has 4 rings (SSSR count). The standard InChI is InChI=1S/C22H19F4N5O4S/c23-14-2-1-5-27-20(14)21-30-29-19(36-21)11-16(32)13-3-4-17(35-22(24,25)26)15(10-13)28-18(33)12-31-6-8-34-9-7-31/h1-5,10H,6-9,11-12H2,(H,28,33). The lowest BCUT2D eigenvalue weighted by Gasteiger charge is -2.26. The van der Waals surface area contributed by atoms with Crippen LogP contribution < -0.4 is 10.1 Å². The molecule has 0 spiro atoms. The lowest BCUT2D eigenvalue weighted by molar-refractivity contribution is -0.274. The van der Waals surface area contributed by atoms with Crippen molar-refractivity contribution in [2.24, 2.45) is 0 Å². The number of halogens is 4. The summed E-state index contributed by atoms with van der Waals surface area (Å²) in [5, 5.41) is 10.6. The van der Waals surface area contributed by atoms with Crippen LogP contribution in [0.1, 0.15) is 15.4 Å². The topological polar surface area (TPSA) is 107 Å². The second-order valence-corrected chi connectivity index (χ2v) is 8.69. The zero-order valence-electron chi connectivity index (χ0n) is 18.5. The van der Waals surface area contributed by atoms with Gasteiger partial charge in [-0.25, -0.2) is 4.39 Å². The Kier molecular flexibility index (Phi) is 7.86. The van der Waals surface area contributed by atoms with Gasteiger partial charge < -0.3 is 14.8 Å². The van der Waals surface area contributed by atoms with Crippen LogP contribution >= 0.6 is 11.3 Å². The number of pyridine rings is 1. The van der Waals surface area contributed by atoms with E-state index >= 15 is 0 Å². The van der Waals surface area contributed by atoms with Gasteiger partial charge in [-0.15, -0.1) is 23.4 Å². The number of amides is 1. The summed E-state index contributed by atoms with van der Waals surface area (Å²) in [6.45, 7) is 1.83. The molecule has 1 saturated heterocycles. The summed E-state index contributed by atoms with van der Waals surface area (Å²) in [7, 11) is 0. The number of nitrogens with zero attached hydrogens (tertiary/aromatic N) is 4. The Labute approximate surface area is 206 Å². The van der Waals surface area contributed by atoms with E-state index < -0.39 is 29.6 Å². The highest BCUT2D eigenvalue weighted by Gasteiger charge is 2.32. The molecule has 2 aromatic heterocycles. The Balaban J connectivity index is 1.50. The molecule has 1 fully saturated rings. The second kappa shape index (κ2) is 11.1. The molecule has 1 aromatic carbocycles. The number of ether oxygens (including phenoxy) is 2. The number of carbonyl (C=O) groups is 2. The highest BCUT2D eigenvalue weighted by atomic mass is 32.1. The Morgan fingerprint density at radius 1 is 1.17 bits per heavy atom. The van der Waals surface area contributed by atoms with E-state index in [4.69, 9.17) is 4.74 Å². The number of Topliss-reactive ketones (excluding diaryl/α,β-unsaturated/α-hetero) is 1. The summed E-state index contributed by atoms with van der Waals surface area (Å²) in [5.41, 5.74) is -0.287. The first-order chi connectivity index (χ1) is 17.2. The number of hydrogen-bond donors (Lipinski definition) is 1. The third-order valence-electron chi connectivity index (χ3n) is 5.01. The minimum absolute atomic E-state index is 0.00684. The van der Waals surface area contributed by atoms with Crippen LogP contribution in [0.3, 0.4) is 0 Å². The number of ketones is 1. The number of nitrogens with one attached hydrogen (secondary N) is 1. The lowest BCUT2D eigenvalue weighted by Crippen LogP contribution is -2.41. The lowest BCUT2D eigenvalue weighted by atomic mass is 10.1. The molecule has 0 unspecified atom stereocenters. The highest BCUT2D eigenvalue weighted by molar-refractivity contribution is 7.14. The van der Waals surface area contributed by atoms with Crippen LogP contribution in [0.15, 0.2) is 36.5 Å². The molecule has 14 heteroatoms. The molecule has 0 saturated carbocycles. The van der Waals surface area contributed by atoms with Gasteiger partial charge in [-0.05, 0) is 30.3 Å². The maximum Gasteiger partial charge on any atom is 0.573 e. The van der Waals surface area contributed by atoms with Gasteiger partial charge in [-0.2, -0.15) is 0 Å². The van der Waals surface area contributed by atoms with Crippen LogP contribution in [0, 0.1) is 5.82 Å². The predicted molar refractivity (Wildman–Crippen MR) is 120 cm³/mol. The Morgan fingerprint density at radius 3 is 2.67 bits per heavy atom. The van der Waals surface area contributed by atoms with Gasteiger partial charge in [-0.3, -0.25) is 19.5 Å². The van der Waals surface area contributed by atoms with Gasteiger partial charge in [0.25, 0.3) is 0 Å². The van der Waals surface area contributed by atoms with Gasteiger partial charge in [0.05, 0.1) is 31.9 Å². The molecule has 1 aliphatic heterocycles. The molecule has 190 valence electrons. The van der Waals surface area contributed by atoms with Gasteiger partial charge in [0.2, 0.25) is 5.91 Å². The summed E-state index contributed by atoms with van der Waals surface area (Å²) in [6, 6.07) is 5.87. The van der Waals surface area contributed by atoms with E-state index in [1.807, 2.05) is 0 Å². The van der Waals surface area contributed by atoms with Gasteiger partial charge in [-0.1, -0.05) is 11.3 Å². The smallest absolute Gasteiger partial charge is 0.404 e. The van der Waals surface area contributed by atoms with Crippen LogP contribution in [0.2, 0.25) is 0 Å². The van der Waals surface area contributed by atoms with Gasteiger partial charge in [0.1, 0.15) is 10.7 Å². The Bertz CT molecular complexity index is 1250. The van der Waals surface area contributed by atoms with Crippen LogP contribution in [0.25, 0.3) is 10.7 Å². The monoisotopic (exact) mass is 525 g/mol. The van der Waals surface area contributed by atoms with Crippen molar-refractivity contribution in [3.05, 3.63) is 52.9 Å². The summed E-state index contributed by atoms with van der Waals surface area (Å²) in [6.07, 6.45) is -3.85. The minimum atomic E-state index is -5.00. The average Bonchev–Trinajstić information content (AvgIpc) is 3.28. The first kappa shape index (κ1) is 25.6. The number of hydrogen-bond acceptors (Lipinski definition) is 9. The zero-order valence-corrected chi connectivity index (χ0v) is 19.4. The van der Waals surface area contributed by atoms with Crippen molar-refractivity contribution in [2.75, 3.05) is 38.2 Å². The normalized spacial score (nSPS) is 14.4. The molecule has 9 nitrogen and oxygen atoms in total. The maximum atomic E-state index is 13.9. The zero-order chi connectivity index (χ0) is 25.7. The third-order valence-corrected chi connectivity index (χ3v) is 5.94. The summed E-state index contributed by atoms with van der Waals surface area (Å²) >= 11 is 0.964. The fraction of sp³-hybridized carbons (Fsp3) is 0.318. The van der Waals surface area contributed by atoms with Gasteiger partial charge in [0, 0.05) is 24.8 Å². The van der Waals surface area contributed by atoms with E-state index in [2.05, 4.69) is 25.2 Å². The number of aromatic nitrogens is 3. The second-order valence-electron chi connectivity index (χ2n) is 7.63. The van der Waals surface area contributed by atoms with Crippen LogP contribution in [0.5, 0.6) is 5.75 Å². The number of anilines is 1. The van der Waals surface area contributed by atoms with E-state index in [1.165, 1.54) is 18.3 Å². The van der Waals surface area contributed by atoms with E-state index in [1.54, 1.807) is 4.90 Å². The van der Waals surface area contributed by atoms with Crippen molar-refractivity contribution in [3.8, 4) is 16.5 Å². The van der Waals surface area contributed by atoms with Crippen molar-refractivity contribution >= 4 is 28.7 Å². The molecule has 1 aliphatic rings. The fourth-order valence-corrected chi connectivity index (χ4v) is 4.21. The Morgan fingerprint density at radius 2 is 1.94 bits per heavy atom. The van der Waals surface area contributed by atoms with E-state index in [9.17, 15) is 27.2 Å². The molecule has 0 aliphatic carbocycles. The van der Waals surface area contributed by atoms with Gasteiger partial charge >= 0.3 is 6.36 Å². The van der Waals surface area contributed by atoms with Gasteiger partial charge in [0.15, 0.2) is 22.4 Å². The van der Waals surface area contributed by atoms with Crippen LogP contribution in [-0.2, 0) is 16.0 Å². The molecular formula is C22H19F4N5O4S. The molecule has 3 heterocycles. The van der Waals surface area contributed by atoms with E-state index in [0.29, 0.717) is 26.3 Å². The number of morpholine rings is 1. The quantitative estimate of drug-likeness (QED) is 0.353. The van der Waals surface area contributed by atoms with Crippen LogP contribution in [0.4, 0.5) is 23.2 Å². The highest BCUT2D eigenvalue weighted by Crippen LogP contribution is 2.32. The van der Waals surface area contributed by atoms with Crippen molar-refractivity contribution in [2.45, 2.75) is 12.8 Å². The van der Waals surface area contributed by atoms with Crippen LogP contribution in [-0.4, -0.2) is 71.0 Å². The summed E-state index contributed by atoms with van der Waals surface area (Å²) in [5.74, 6) is -2.32. The largest absolute Gasteiger partial charge is 0.573 e. The molecule has 36 heavy (non-hydrogen) atoms. The minimum Gasteiger partial charge on any atom is -0.404 e. The first-order valence-electron chi connectivity index (χ1n) is 10.6. The average molecular weight is 525 g/mol. The van der Waals surface area contributed by atoms with E-state index in [-0.39, 0.29) is 39.9 Å². The van der Waals surface area contributed by atoms with Crippen molar-refractivity contribution < 1.29 is 36.6 Å². The van der Waals surface area contributed by atoms with Crippen molar-refractivity contribution in [1.82, 2.24) is 20.1 Å². The molecule has 0 radical (unpaired) electrons. The molecule has 1 amide bonds. The Hall–Kier alpha value is -3.49. The SMILES string of the molecule is O=C(CN1CCOCC1)Nc1cc(C(=O)Cc2nnc(-c3ncccc3F)s2)ccc1OC(F)(F)F. The van der Waals surface area contributed by atoms with E-state index in [0.717, 1.165) is 29.5 Å². The number of carbonyl (C=O) groups excluding carboxylic acids is 2. The fourth-order valence-electron chi connectivity index (χ4n) is 3.37. The molecule has 1 N–H and O–H groups in total. The number of alkyl halides is 3. The number of benzene rings is 1. The molecule has 3 aromatic rings. The van der Waals surface area contributed by atoms with Crippen molar-refractivity contribution in [3.63, 3.8) is 0 Å². The molecule has 0 bridgehead atoms. The summed E-state index contributed by atoms with van der Waals surface area (Å²) in [4.78, 5) is 31.0. The predicted octanol–water partition coefficient (Wildman–Crippen LogP) is 3.33. The maximum absolute atomic E-state index is 13.9. The molecule has 0 atom stereocenters.